The molecule has 20 heavy (non-hydrogen) atoms. The summed E-state index contributed by atoms with van der Waals surface area (Å²) < 4.78 is 1.90. The number of aromatic nitrogens is 2. The Kier molecular flexibility index (Phi) is 5.32. The molecule has 1 unspecified atom stereocenters. The second-order valence-electron chi connectivity index (χ2n) is 4.92. The normalized spacial score (nSPS) is 12.6. The van der Waals surface area contributed by atoms with Crippen molar-refractivity contribution in [3.05, 3.63) is 53.3 Å². The van der Waals surface area contributed by atoms with E-state index in [0.717, 1.165) is 24.1 Å². The molecule has 108 valence electrons. The predicted molar refractivity (Wildman–Crippen MR) is 80.4 cm³/mol. The molecule has 0 spiro atoms. The fraction of sp³-hybridized carbons (Fsp3) is 0.438. The maximum Gasteiger partial charge on any atom is 0.0626 e. The lowest BCUT2D eigenvalue weighted by atomic mass is 10.0. The highest BCUT2D eigenvalue weighted by molar-refractivity contribution is 5.25. The van der Waals surface area contributed by atoms with Gasteiger partial charge in [-0.3, -0.25) is 4.68 Å². The van der Waals surface area contributed by atoms with Crippen LogP contribution in [-0.2, 0) is 19.5 Å². The average Bonchev–Trinajstić information content (AvgIpc) is 2.96. The van der Waals surface area contributed by atoms with E-state index in [1.54, 1.807) is 0 Å². The molecule has 0 saturated carbocycles. The quantitative estimate of drug-likeness (QED) is 0.814. The molecule has 0 aliphatic carbocycles. The van der Waals surface area contributed by atoms with E-state index < -0.39 is 0 Å². The maximum absolute atomic E-state index is 9.55. The number of benzene rings is 1. The van der Waals surface area contributed by atoms with Gasteiger partial charge in [0.05, 0.1) is 18.8 Å². The molecular weight excluding hydrogens is 250 g/mol. The monoisotopic (exact) mass is 273 g/mol. The molecule has 0 saturated heterocycles. The Bertz CT molecular complexity index is 519. The lowest BCUT2D eigenvalue weighted by molar-refractivity contribution is 0.243. The molecule has 0 fully saturated rings. The van der Waals surface area contributed by atoms with E-state index in [9.17, 15) is 5.11 Å². The summed E-state index contributed by atoms with van der Waals surface area (Å²) in [4.78, 5) is 0. The second-order valence-corrected chi connectivity index (χ2v) is 4.92. The third kappa shape index (κ3) is 3.68. The SMILES string of the molecule is CCc1ccc(C(CO)NCc2cnn(CC)c2)cc1. The molecule has 2 N–H and O–H groups in total. The first-order chi connectivity index (χ1) is 9.76. The van der Waals surface area contributed by atoms with Gasteiger partial charge in [0.2, 0.25) is 0 Å². The van der Waals surface area contributed by atoms with Gasteiger partial charge in [-0.1, -0.05) is 31.2 Å². The highest BCUT2D eigenvalue weighted by atomic mass is 16.3. The van der Waals surface area contributed by atoms with E-state index in [0.29, 0.717) is 6.54 Å². The van der Waals surface area contributed by atoms with Gasteiger partial charge >= 0.3 is 0 Å². The van der Waals surface area contributed by atoms with Gasteiger partial charge in [-0.15, -0.1) is 0 Å². The minimum absolute atomic E-state index is 0.0362. The number of aliphatic hydroxyl groups is 1. The van der Waals surface area contributed by atoms with E-state index in [1.807, 2.05) is 17.1 Å². The molecule has 2 aromatic rings. The number of rotatable bonds is 7. The van der Waals surface area contributed by atoms with Crippen molar-refractivity contribution in [1.82, 2.24) is 15.1 Å². The first-order valence-corrected chi connectivity index (χ1v) is 7.21. The summed E-state index contributed by atoms with van der Waals surface area (Å²) in [6.45, 7) is 5.88. The summed E-state index contributed by atoms with van der Waals surface area (Å²) in [7, 11) is 0. The Labute approximate surface area is 120 Å². The van der Waals surface area contributed by atoms with Crippen LogP contribution >= 0.6 is 0 Å². The first-order valence-electron chi connectivity index (χ1n) is 7.21. The van der Waals surface area contributed by atoms with Crippen molar-refractivity contribution in [2.45, 2.75) is 39.4 Å². The van der Waals surface area contributed by atoms with Gasteiger partial charge in [0.15, 0.2) is 0 Å². The van der Waals surface area contributed by atoms with Gasteiger partial charge in [-0.25, -0.2) is 0 Å². The van der Waals surface area contributed by atoms with Crippen molar-refractivity contribution in [2.24, 2.45) is 0 Å². The zero-order valence-corrected chi connectivity index (χ0v) is 12.2. The third-order valence-corrected chi connectivity index (χ3v) is 3.54. The Balaban J connectivity index is 1.97. The highest BCUT2D eigenvalue weighted by Crippen LogP contribution is 2.14. The number of nitrogens with one attached hydrogen (secondary N) is 1. The van der Waals surface area contributed by atoms with E-state index in [2.05, 4.69) is 48.5 Å². The van der Waals surface area contributed by atoms with Gasteiger partial charge < -0.3 is 10.4 Å². The van der Waals surface area contributed by atoms with Crippen LogP contribution in [0.1, 0.15) is 36.6 Å². The zero-order valence-electron chi connectivity index (χ0n) is 12.2. The molecule has 0 aliphatic rings. The van der Waals surface area contributed by atoms with Crippen molar-refractivity contribution in [1.29, 1.82) is 0 Å². The topological polar surface area (TPSA) is 50.1 Å². The predicted octanol–water partition coefficient (Wildman–Crippen LogP) is 2.29. The summed E-state index contributed by atoms with van der Waals surface area (Å²) in [5.41, 5.74) is 3.57. The standard InChI is InChI=1S/C16H23N3O/c1-3-13-5-7-15(8-6-13)16(12-20)17-9-14-10-18-19(4-2)11-14/h5-8,10-11,16-17,20H,3-4,9,12H2,1-2H3. The van der Waals surface area contributed by atoms with Crippen LogP contribution in [0.25, 0.3) is 0 Å². The van der Waals surface area contributed by atoms with Crippen LogP contribution in [0, 0.1) is 0 Å². The summed E-state index contributed by atoms with van der Waals surface area (Å²) in [5, 5.41) is 17.2. The van der Waals surface area contributed by atoms with Crippen LogP contribution in [0.5, 0.6) is 0 Å². The summed E-state index contributed by atoms with van der Waals surface area (Å²) in [5.74, 6) is 0. The molecule has 2 rings (SSSR count). The van der Waals surface area contributed by atoms with Gasteiger partial charge in [-0.2, -0.15) is 5.10 Å². The van der Waals surface area contributed by atoms with Crippen molar-refractivity contribution in [3.8, 4) is 0 Å². The van der Waals surface area contributed by atoms with Gasteiger partial charge in [0.1, 0.15) is 0 Å². The zero-order chi connectivity index (χ0) is 14.4. The van der Waals surface area contributed by atoms with Crippen molar-refractivity contribution < 1.29 is 5.11 Å². The maximum atomic E-state index is 9.55. The molecule has 1 heterocycles. The fourth-order valence-corrected chi connectivity index (χ4v) is 2.19. The van der Waals surface area contributed by atoms with E-state index >= 15 is 0 Å². The minimum atomic E-state index is -0.0362. The van der Waals surface area contributed by atoms with Crippen molar-refractivity contribution in [3.63, 3.8) is 0 Å². The van der Waals surface area contributed by atoms with Crippen LogP contribution in [0.3, 0.4) is 0 Å². The smallest absolute Gasteiger partial charge is 0.0626 e. The molecule has 0 amide bonds. The number of hydrogen-bond donors (Lipinski definition) is 2. The lowest BCUT2D eigenvalue weighted by Crippen LogP contribution is -2.23. The third-order valence-electron chi connectivity index (χ3n) is 3.54. The van der Waals surface area contributed by atoms with Gasteiger partial charge in [0.25, 0.3) is 0 Å². The number of hydrogen-bond acceptors (Lipinski definition) is 3. The number of nitrogens with zero attached hydrogens (tertiary/aromatic N) is 2. The molecule has 4 nitrogen and oxygen atoms in total. The molecule has 1 aromatic heterocycles. The van der Waals surface area contributed by atoms with E-state index in [1.165, 1.54) is 5.56 Å². The van der Waals surface area contributed by atoms with Crippen LogP contribution in [0.4, 0.5) is 0 Å². The minimum Gasteiger partial charge on any atom is -0.394 e. The largest absolute Gasteiger partial charge is 0.394 e. The summed E-state index contributed by atoms with van der Waals surface area (Å²) in [6.07, 6.45) is 4.93. The fourth-order valence-electron chi connectivity index (χ4n) is 2.19. The Morgan fingerprint density at radius 2 is 1.95 bits per heavy atom. The molecule has 4 heteroatoms. The van der Waals surface area contributed by atoms with E-state index in [4.69, 9.17) is 0 Å². The molecule has 1 atom stereocenters. The van der Waals surface area contributed by atoms with Gasteiger partial charge in [-0.05, 0) is 24.5 Å². The number of aliphatic hydroxyl groups excluding tert-OH is 1. The van der Waals surface area contributed by atoms with Gasteiger partial charge in [0, 0.05) is 24.8 Å². The molecular formula is C16H23N3O. The molecule has 1 aromatic carbocycles. The van der Waals surface area contributed by atoms with Crippen LogP contribution in [-0.4, -0.2) is 21.5 Å². The Hall–Kier alpha value is -1.65. The lowest BCUT2D eigenvalue weighted by Gasteiger charge is -2.16. The van der Waals surface area contributed by atoms with Crippen LogP contribution in [0.15, 0.2) is 36.7 Å². The van der Waals surface area contributed by atoms with Crippen molar-refractivity contribution >= 4 is 0 Å². The Morgan fingerprint density at radius 3 is 2.50 bits per heavy atom. The van der Waals surface area contributed by atoms with Crippen LogP contribution in [0.2, 0.25) is 0 Å². The number of aryl methyl sites for hydroxylation is 2. The molecule has 0 radical (unpaired) electrons. The molecule has 0 bridgehead atoms. The van der Waals surface area contributed by atoms with Crippen molar-refractivity contribution in [2.75, 3.05) is 6.61 Å². The van der Waals surface area contributed by atoms with E-state index in [-0.39, 0.29) is 12.6 Å². The summed E-state index contributed by atoms with van der Waals surface area (Å²) >= 11 is 0. The highest BCUT2D eigenvalue weighted by Gasteiger charge is 2.10. The van der Waals surface area contributed by atoms with Crippen LogP contribution < -0.4 is 5.32 Å². The summed E-state index contributed by atoms with van der Waals surface area (Å²) in [6, 6.07) is 8.37. The Morgan fingerprint density at radius 1 is 1.20 bits per heavy atom. The second kappa shape index (κ2) is 7.22. The average molecular weight is 273 g/mol. The molecule has 0 aliphatic heterocycles. The first kappa shape index (κ1) is 14.8.